The van der Waals surface area contributed by atoms with Gasteiger partial charge in [-0.05, 0) is 24.1 Å². The highest BCUT2D eigenvalue weighted by Crippen LogP contribution is 2.41. The first-order valence-electron chi connectivity index (χ1n) is 9.52. The zero-order chi connectivity index (χ0) is 22.7. The van der Waals surface area contributed by atoms with Gasteiger partial charge in [0.2, 0.25) is 0 Å². The van der Waals surface area contributed by atoms with E-state index in [9.17, 15) is 9.90 Å². The first-order chi connectivity index (χ1) is 14.7. The Morgan fingerprint density at radius 1 is 1.39 bits per heavy atom. The van der Waals surface area contributed by atoms with Crippen molar-refractivity contribution >= 4 is 85.7 Å². The van der Waals surface area contributed by atoms with Crippen molar-refractivity contribution in [3.8, 4) is 0 Å². The van der Waals surface area contributed by atoms with Crippen LogP contribution in [0.1, 0.15) is 18.7 Å². The van der Waals surface area contributed by atoms with Crippen LogP contribution in [0.4, 0.5) is 11.4 Å². The van der Waals surface area contributed by atoms with Crippen molar-refractivity contribution in [1.82, 2.24) is 10.0 Å². The third-order valence-corrected chi connectivity index (χ3v) is 8.52. The Morgan fingerprint density at radius 2 is 2.13 bits per heavy atom. The summed E-state index contributed by atoms with van der Waals surface area (Å²) in [4.78, 5) is 18.9. The minimum Gasteiger partial charge on any atom is -0.376 e. The van der Waals surface area contributed by atoms with Gasteiger partial charge in [0.1, 0.15) is 6.23 Å². The molecule has 0 spiro atoms. The van der Waals surface area contributed by atoms with Gasteiger partial charge in [0.15, 0.2) is 0 Å². The van der Waals surface area contributed by atoms with Gasteiger partial charge in [-0.1, -0.05) is 66.6 Å². The summed E-state index contributed by atoms with van der Waals surface area (Å²) in [5.41, 5.74) is 4.88. The summed E-state index contributed by atoms with van der Waals surface area (Å²) in [6.45, 7) is 4.57. The summed E-state index contributed by atoms with van der Waals surface area (Å²) in [6.07, 6.45) is -0.598. The fraction of sp³-hybridized carbons (Fsp3) is 0.333. The van der Waals surface area contributed by atoms with Crippen molar-refractivity contribution < 1.29 is 9.94 Å². The highest BCUT2D eigenvalue weighted by Gasteiger charge is 2.21. The molecule has 2 aromatic heterocycles. The predicted octanol–water partition coefficient (Wildman–Crippen LogP) is 5.37. The second kappa shape index (κ2) is 10.9. The standard InChI is InChI=1S/C21H24BrClIN3O3S/c1-11(2)10-30-26-17(28)9-16-19(25-15-6-5-12(22)7-13(15)23)20-21(31-16)14(24-3)8-18(29)27(20)4/h5-8,11,17,25-26,28H,3,9-10H2,1-2,4H3. The second-order valence-corrected chi connectivity index (χ2v) is 11.7. The van der Waals surface area contributed by atoms with Crippen LogP contribution < -0.4 is 16.4 Å². The van der Waals surface area contributed by atoms with Crippen LogP contribution in [0.25, 0.3) is 10.2 Å². The van der Waals surface area contributed by atoms with Gasteiger partial charge >= 0.3 is 0 Å². The lowest BCUT2D eigenvalue weighted by molar-refractivity contribution is -0.0643. The van der Waals surface area contributed by atoms with E-state index in [4.69, 9.17) is 16.4 Å². The van der Waals surface area contributed by atoms with E-state index in [1.54, 1.807) is 35.1 Å². The average molecular weight is 641 g/mol. The molecule has 3 N–H and O–H groups in total. The summed E-state index contributed by atoms with van der Waals surface area (Å²) in [6, 6.07) is 7.24. The molecular formula is C21H24BrClIN3O3S. The number of hydrogen-bond donors (Lipinski definition) is 3. The van der Waals surface area contributed by atoms with Crippen LogP contribution in [0.5, 0.6) is 0 Å². The molecule has 168 valence electrons. The first kappa shape index (κ1) is 24.8. The Kier molecular flexibility index (Phi) is 8.70. The number of pyridine rings is 1. The van der Waals surface area contributed by atoms with E-state index in [0.29, 0.717) is 29.7 Å². The highest BCUT2D eigenvalue weighted by molar-refractivity contribution is 14.2. The Hall–Kier alpha value is -0.820. The van der Waals surface area contributed by atoms with Crippen molar-refractivity contribution in [3.63, 3.8) is 0 Å². The zero-order valence-electron chi connectivity index (χ0n) is 17.3. The van der Waals surface area contributed by atoms with Gasteiger partial charge in [-0.25, -0.2) is 0 Å². The lowest BCUT2D eigenvalue weighted by atomic mass is 10.2. The summed E-state index contributed by atoms with van der Waals surface area (Å²) in [5, 5.41) is 14.5. The van der Waals surface area contributed by atoms with Crippen molar-refractivity contribution in [2.45, 2.75) is 26.5 Å². The molecule has 6 nitrogen and oxygen atoms in total. The number of aliphatic hydroxyl groups excluding tert-OH is 1. The van der Waals surface area contributed by atoms with Crippen molar-refractivity contribution in [1.29, 1.82) is 0 Å². The van der Waals surface area contributed by atoms with Crippen molar-refractivity contribution in [3.05, 3.63) is 52.6 Å². The molecule has 3 rings (SSSR count). The lowest BCUT2D eigenvalue weighted by Crippen LogP contribution is -2.32. The van der Waals surface area contributed by atoms with Gasteiger partial charge in [0.25, 0.3) is 5.56 Å². The molecule has 0 bridgehead atoms. The molecule has 0 aliphatic carbocycles. The van der Waals surface area contributed by atoms with Gasteiger partial charge < -0.3 is 15.0 Å². The maximum Gasteiger partial charge on any atom is 0.251 e. The molecule has 0 aliphatic heterocycles. The van der Waals surface area contributed by atoms with E-state index in [1.165, 1.54) is 0 Å². The van der Waals surface area contributed by atoms with Crippen LogP contribution in [0.2, 0.25) is 5.02 Å². The van der Waals surface area contributed by atoms with Crippen LogP contribution in [-0.2, 0) is 18.3 Å². The summed E-state index contributed by atoms with van der Waals surface area (Å²) < 4.78 is 8.57. The molecule has 2 heterocycles. The number of hydroxylamine groups is 1. The van der Waals surface area contributed by atoms with E-state index >= 15 is 0 Å². The Bertz CT molecular complexity index is 1160. The maximum atomic E-state index is 12.6. The van der Waals surface area contributed by atoms with E-state index < -0.39 is 27.0 Å². The fourth-order valence-electron chi connectivity index (χ4n) is 2.96. The zero-order valence-corrected chi connectivity index (χ0v) is 22.7. The topological polar surface area (TPSA) is 75.5 Å². The number of aryl methyl sites for hydroxylation is 1. The second-order valence-electron chi connectivity index (χ2n) is 7.39. The monoisotopic (exact) mass is 639 g/mol. The molecule has 1 aromatic carbocycles. The van der Waals surface area contributed by atoms with Crippen LogP contribution in [-0.4, -0.2) is 27.0 Å². The van der Waals surface area contributed by atoms with Gasteiger partial charge in [-0.3, -0.25) is 9.63 Å². The number of fused-ring (bicyclic) bond motifs is 1. The molecule has 10 heteroatoms. The minimum absolute atomic E-state index is 0.0842. The number of thiophene rings is 1. The number of hydrogen-bond acceptors (Lipinski definition) is 6. The van der Waals surface area contributed by atoms with Gasteiger partial charge in [0.05, 0.1) is 33.2 Å². The number of aliphatic hydroxyl groups is 1. The molecule has 0 radical (unpaired) electrons. The number of rotatable bonds is 9. The smallest absolute Gasteiger partial charge is 0.251 e. The molecule has 0 fully saturated rings. The molecule has 0 saturated carbocycles. The number of halogens is 3. The van der Waals surface area contributed by atoms with E-state index in [0.717, 1.165) is 28.8 Å². The molecule has 1 atom stereocenters. The summed E-state index contributed by atoms with van der Waals surface area (Å²) in [7, 11) is 1.75. The lowest BCUT2D eigenvalue weighted by Gasteiger charge is -2.16. The number of anilines is 2. The molecule has 0 amide bonds. The third kappa shape index (κ3) is 5.95. The minimum atomic E-state index is -0.900. The van der Waals surface area contributed by atoms with E-state index in [-0.39, 0.29) is 5.56 Å². The average Bonchev–Trinajstić information content (AvgIpc) is 3.04. The number of aromatic nitrogens is 1. The van der Waals surface area contributed by atoms with Gasteiger partial charge in [0, 0.05) is 32.5 Å². The molecule has 31 heavy (non-hydrogen) atoms. The molecule has 0 aliphatic rings. The SMILES string of the molecule is C=Ic1cc(=O)n(C)c2c(Nc3ccc(Br)cc3Cl)c(CC(O)NOCC(C)C)sc12. The van der Waals surface area contributed by atoms with E-state index in [1.807, 2.05) is 26.0 Å². The normalized spacial score (nSPS) is 12.6. The third-order valence-electron chi connectivity index (χ3n) is 4.44. The highest BCUT2D eigenvalue weighted by atomic mass is 127. The van der Waals surface area contributed by atoms with E-state index in [2.05, 4.69) is 31.2 Å². The molecule has 0 saturated heterocycles. The largest absolute Gasteiger partial charge is 0.376 e. The first-order valence-corrected chi connectivity index (χ1v) is 14.1. The molecular weight excluding hydrogens is 617 g/mol. The fourth-order valence-corrected chi connectivity index (χ4v) is 6.69. The Morgan fingerprint density at radius 3 is 2.77 bits per heavy atom. The van der Waals surface area contributed by atoms with Crippen molar-refractivity contribution in [2.24, 2.45) is 13.0 Å². The number of nitrogens with one attached hydrogen (secondary N) is 2. The van der Waals surface area contributed by atoms with Crippen LogP contribution >= 0.6 is 59.6 Å². The van der Waals surface area contributed by atoms with Crippen LogP contribution in [0.3, 0.4) is 0 Å². The summed E-state index contributed by atoms with van der Waals surface area (Å²) >= 11 is 10.9. The molecule has 3 aromatic rings. The van der Waals surface area contributed by atoms with Gasteiger partial charge in [-0.15, -0.1) is 11.3 Å². The molecule has 1 unspecified atom stereocenters. The predicted molar refractivity (Wildman–Crippen MR) is 143 cm³/mol. The Labute approximate surface area is 208 Å². The quantitative estimate of drug-likeness (QED) is 0.167. The Balaban J connectivity index is 2.07. The number of nitrogens with zero attached hydrogens (tertiary/aromatic N) is 1. The summed E-state index contributed by atoms with van der Waals surface area (Å²) in [5.74, 6) is 0.346. The van der Waals surface area contributed by atoms with Crippen LogP contribution in [0, 0.1) is 9.49 Å². The maximum absolute atomic E-state index is 12.6. The van der Waals surface area contributed by atoms with Gasteiger partial charge in [-0.2, -0.15) is 5.48 Å². The number of benzene rings is 1. The van der Waals surface area contributed by atoms with Crippen molar-refractivity contribution in [2.75, 3.05) is 11.9 Å². The van der Waals surface area contributed by atoms with Crippen LogP contribution in [0.15, 0.2) is 33.5 Å².